The molecule has 0 saturated carbocycles. The number of aliphatic hydroxyl groups excluding tert-OH is 1. The number of hydrogen-bond donors (Lipinski definition) is 2. The highest BCUT2D eigenvalue weighted by Crippen LogP contribution is 2.37. The highest BCUT2D eigenvalue weighted by atomic mass is 16.3. The second-order valence-corrected chi connectivity index (χ2v) is 6.62. The van der Waals surface area contributed by atoms with E-state index in [0.717, 1.165) is 37.9 Å². The van der Waals surface area contributed by atoms with E-state index in [4.69, 9.17) is 0 Å². The molecule has 2 rings (SSSR count). The van der Waals surface area contributed by atoms with E-state index in [0.29, 0.717) is 5.92 Å². The molecule has 0 spiro atoms. The first-order valence-electron chi connectivity index (χ1n) is 7.82. The number of unbranched alkanes of at least 4 members (excludes halogenated alkanes) is 1. The van der Waals surface area contributed by atoms with E-state index in [2.05, 4.69) is 24.8 Å². The van der Waals surface area contributed by atoms with E-state index in [1.54, 1.807) is 6.92 Å². The van der Waals surface area contributed by atoms with Gasteiger partial charge in [-0.05, 0) is 44.2 Å². The molecule has 3 heteroatoms. The lowest BCUT2D eigenvalue weighted by atomic mass is 9.80. The van der Waals surface area contributed by atoms with Gasteiger partial charge < -0.3 is 10.2 Å². The normalized spacial score (nSPS) is 39.5. The van der Waals surface area contributed by atoms with E-state index in [-0.39, 0.29) is 6.04 Å². The van der Waals surface area contributed by atoms with Crippen molar-refractivity contribution in [3.05, 3.63) is 11.6 Å². The second kappa shape index (κ2) is 5.94. The SMILES string of the molecule is CCCC[C@@H](C)/C=C1/CN2CCC[C@H]2[C@@](C)(O)[C@@H]1O. The highest BCUT2D eigenvalue weighted by molar-refractivity contribution is 5.23. The third-order valence-corrected chi connectivity index (χ3v) is 4.84. The molecule has 0 aromatic heterocycles. The number of nitrogens with zero attached hydrogens (tertiary/aromatic N) is 1. The molecule has 3 nitrogen and oxygen atoms in total. The molecule has 2 aliphatic rings. The molecule has 2 saturated heterocycles. The van der Waals surface area contributed by atoms with Gasteiger partial charge in [0.1, 0.15) is 11.7 Å². The summed E-state index contributed by atoms with van der Waals surface area (Å²) in [4.78, 5) is 2.34. The highest BCUT2D eigenvalue weighted by Gasteiger charge is 2.49. The van der Waals surface area contributed by atoms with E-state index < -0.39 is 11.7 Å². The maximum absolute atomic E-state index is 10.6. The Morgan fingerprint density at radius 2 is 2.26 bits per heavy atom. The molecule has 0 radical (unpaired) electrons. The van der Waals surface area contributed by atoms with Crippen LogP contribution >= 0.6 is 0 Å². The van der Waals surface area contributed by atoms with Crippen LogP contribution in [-0.2, 0) is 0 Å². The molecule has 2 aliphatic heterocycles. The van der Waals surface area contributed by atoms with Gasteiger partial charge in [0, 0.05) is 12.6 Å². The van der Waals surface area contributed by atoms with Gasteiger partial charge >= 0.3 is 0 Å². The van der Waals surface area contributed by atoms with Gasteiger partial charge in [-0.2, -0.15) is 0 Å². The van der Waals surface area contributed by atoms with Crippen LogP contribution in [0.2, 0.25) is 0 Å². The zero-order valence-electron chi connectivity index (χ0n) is 12.6. The van der Waals surface area contributed by atoms with E-state index in [9.17, 15) is 10.2 Å². The predicted molar refractivity (Wildman–Crippen MR) is 78.0 cm³/mol. The minimum Gasteiger partial charge on any atom is -0.386 e. The third-order valence-electron chi connectivity index (χ3n) is 4.84. The Kier molecular flexibility index (Phi) is 4.70. The molecule has 0 unspecified atom stereocenters. The largest absolute Gasteiger partial charge is 0.386 e. The average Bonchev–Trinajstić information content (AvgIpc) is 2.82. The molecular formula is C16H29NO2. The van der Waals surface area contributed by atoms with Crippen molar-refractivity contribution in [2.45, 2.75) is 70.6 Å². The van der Waals surface area contributed by atoms with Crippen molar-refractivity contribution in [1.82, 2.24) is 4.90 Å². The van der Waals surface area contributed by atoms with Crippen LogP contribution in [-0.4, -0.2) is 45.9 Å². The van der Waals surface area contributed by atoms with Crippen molar-refractivity contribution in [3.8, 4) is 0 Å². The van der Waals surface area contributed by atoms with Crippen molar-refractivity contribution in [2.75, 3.05) is 13.1 Å². The molecular weight excluding hydrogens is 238 g/mol. The van der Waals surface area contributed by atoms with Gasteiger partial charge in [-0.3, -0.25) is 4.90 Å². The molecule has 0 amide bonds. The van der Waals surface area contributed by atoms with Gasteiger partial charge in [0.05, 0.1) is 0 Å². The first-order chi connectivity index (χ1) is 8.96. The maximum atomic E-state index is 10.6. The van der Waals surface area contributed by atoms with Gasteiger partial charge in [-0.15, -0.1) is 0 Å². The summed E-state index contributed by atoms with van der Waals surface area (Å²) in [6.07, 6.45) is 7.23. The van der Waals surface area contributed by atoms with Crippen molar-refractivity contribution in [2.24, 2.45) is 5.92 Å². The molecule has 19 heavy (non-hydrogen) atoms. The van der Waals surface area contributed by atoms with Crippen molar-refractivity contribution in [1.29, 1.82) is 0 Å². The van der Waals surface area contributed by atoms with Gasteiger partial charge in [0.2, 0.25) is 0 Å². The van der Waals surface area contributed by atoms with Gasteiger partial charge in [-0.1, -0.05) is 32.8 Å². The third kappa shape index (κ3) is 3.04. The fourth-order valence-corrected chi connectivity index (χ4v) is 3.67. The van der Waals surface area contributed by atoms with Crippen LogP contribution in [0.1, 0.15) is 52.9 Å². The minimum absolute atomic E-state index is 0.130. The molecule has 0 aliphatic carbocycles. The molecule has 110 valence electrons. The van der Waals surface area contributed by atoms with Crippen LogP contribution in [0.15, 0.2) is 11.6 Å². The summed E-state index contributed by atoms with van der Waals surface area (Å²) in [5.74, 6) is 0.486. The van der Waals surface area contributed by atoms with Crippen LogP contribution in [0.25, 0.3) is 0 Å². The minimum atomic E-state index is -0.995. The summed E-state index contributed by atoms with van der Waals surface area (Å²) in [6.45, 7) is 8.09. The van der Waals surface area contributed by atoms with Crippen molar-refractivity contribution in [3.63, 3.8) is 0 Å². The topological polar surface area (TPSA) is 43.7 Å². The van der Waals surface area contributed by atoms with Crippen molar-refractivity contribution < 1.29 is 10.2 Å². The summed E-state index contributed by atoms with van der Waals surface area (Å²) >= 11 is 0. The fraction of sp³-hybridized carbons (Fsp3) is 0.875. The Bertz CT molecular complexity index is 338. The summed E-state index contributed by atoms with van der Waals surface area (Å²) in [5, 5.41) is 21.1. The smallest absolute Gasteiger partial charge is 0.107 e. The molecule has 0 bridgehead atoms. The maximum Gasteiger partial charge on any atom is 0.107 e. The Labute approximate surface area is 117 Å². The number of rotatable bonds is 4. The van der Waals surface area contributed by atoms with Crippen LogP contribution < -0.4 is 0 Å². The fourth-order valence-electron chi connectivity index (χ4n) is 3.67. The summed E-state index contributed by atoms with van der Waals surface area (Å²) in [7, 11) is 0. The monoisotopic (exact) mass is 267 g/mol. The second-order valence-electron chi connectivity index (χ2n) is 6.62. The first kappa shape index (κ1) is 15.0. The number of aliphatic hydroxyl groups is 2. The van der Waals surface area contributed by atoms with E-state index in [1.165, 1.54) is 12.8 Å². The Hall–Kier alpha value is -0.380. The summed E-state index contributed by atoms with van der Waals surface area (Å²) in [6, 6.07) is 0.130. The quantitative estimate of drug-likeness (QED) is 0.768. The van der Waals surface area contributed by atoms with Crippen LogP contribution in [0.4, 0.5) is 0 Å². The lowest BCUT2D eigenvalue weighted by Gasteiger charge is -2.46. The number of allylic oxidation sites excluding steroid dienone is 1. The van der Waals surface area contributed by atoms with Gasteiger partial charge in [-0.25, -0.2) is 0 Å². The Morgan fingerprint density at radius 1 is 1.53 bits per heavy atom. The number of hydrogen-bond acceptors (Lipinski definition) is 3. The first-order valence-corrected chi connectivity index (χ1v) is 7.82. The van der Waals surface area contributed by atoms with Crippen LogP contribution in [0, 0.1) is 5.92 Å². The average molecular weight is 267 g/mol. The zero-order chi connectivity index (χ0) is 14.0. The lowest BCUT2D eigenvalue weighted by Crippen LogP contribution is -2.61. The van der Waals surface area contributed by atoms with Gasteiger partial charge in [0.15, 0.2) is 0 Å². The molecule has 0 aromatic carbocycles. The summed E-state index contributed by atoms with van der Waals surface area (Å²) < 4.78 is 0. The zero-order valence-corrected chi connectivity index (χ0v) is 12.6. The molecule has 2 fully saturated rings. The van der Waals surface area contributed by atoms with Crippen LogP contribution in [0.3, 0.4) is 0 Å². The predicted octanol–water partition coefficient (Wildman–Crippen LogP) is 2.33. The molecule has 2 N–H and O–H groups in total. The lowest BCUT2D eigenvalue weighted by molar-refractivity contribution is -0.110. The van der Waals surface area contributed by atoms with E-state index in [1.807, 2.05) is 0 Å². The Morgan fingerprint density at radius 3 is 2.95 bits per heavy atom. The standard InChI is InChI=1S/C16H29NO2/c1-4-5-7-12(2)10-13-11-17-9-6-8-14(17)16(3,19)15(13)18/h10,12,14-15,18-19H,4-9,11H2,1-3H3/b13-10-/t12-,14+,15-,16-/m1/s1. The molecule has 0 aromatic rings. The molecule has 2 heterocycles. The number of fused-ring (bicyclic) bond motifs is 1. The number of piperidine rings is 1. The van der Waals surface area contributed by atoms with Gasteiger partial charge in [0.25, 0.3) is 0 Å². The van der Waals surface area contributed by atoms with Crippen molar-refractivity contribution >= 4 is 0 Å². The Balaban J connectivity index is 2.10. The summed E-state index contributed by atoms with van der Waals surface area (Å²) in [5.41, 5.74) is 0.0252. The van der Waals surface area contributed by atoms with Crippen LogP contribution in [0.5, 0.6) is 0 Å². The van der Waals surface area contributed by atoms with E-state index >= 15 is 0 Å². The molecule has 4 atom stereocenters.